The molecule has 1 aromatic carbocycles. The number of halogens is 3. The summed E-state index contributed by atoms with van der Waals surface area (Å²) in [4.78, 5) is 30.3. The molecule has 0 radical (unpaired) electrons. The number of hydrogen-bond acceptors (Lipinski definition) is 6. The molecular weight excluding hydrogens is 427 g/mol. The van der Waals surface area contributed by atoms with Gasteiger partial charge in [-0.1, -0.05) is 6.07 Å². The Bertz CT molecular complexity index is 951. The number of carbonyl (C=O) groups excluding carboxylic acids is 2. The van der Waals surface area contributed by atoms with E-state index in [1.165, 1.54) is 7.11 Å². The van der Waals surface area contributed by atoms with Crippen LogP contribution in [0.2, 0.25) is 0 Å². The molecule has 2 atom stereocenters. The molecule has 0 bridgehead atoms. The van der Waals surface area contributed by atoms with Crippen molar-refractivity contribution in [2.45, 2.75) is 51.8 Å². The van der Waals surface area contributed by atoms with E-state index in [1.54, 1.807) is 32.0 Å². The van der Waals surface area contributed by atoms with E-state index in [0.29, 0.717) is 53.1 Å². The third-order valence-electron chi connectivity index (χ3n) is 5.56. The predicted molar refractivity (Wildman–Crippen MR) is 111 cm³/mol. The van der Waals surface area contributed by atoms with Crippen molar-refractivity contribution in [2.24, 2.45) is 10.9 Å². The van der Waals surface area contributed by atoms with E-state index in [0.717, 1.165) is 0 Å². The summed E-state index contributed by atoms with van der Waals surface area (Å²) in [5.41, 5.74) is 2.68. The van der Waals surface area contributed by atoms with Gasteiger partial charge in [0.15, 0.2) is 5.78 Å². The van der Waals surface area contributed by atoms with Crippen molar-refractivity contribution < 1.29 is 37.0 Å². The highest BCUT2D eigenvalue weighted by Gasteiger charge is 2.43. The number of methoxy groups -OCH3 is 1. The fourth-order valence-electron chi connectivity index (χ4n) is 4.29. The molecule has 6 nitrogen and oxygen atoms in total. The van der Waals surface area contributed by atoms with Gasteiger partial charge in [-0.15, -0.1) is 0 Å². The van der Waals surface area contributed by atoms with Gasteiger partial charge in [0.05, 0.1) is 20.3 Å². The first kappa shape index (κ1) is 24.0. The maximum absolute atomic E-state index is 12.9. The SMILES string of the molecule is CCOC(=O)C1C(C)=NC2=C(C(=O)CCC2)[C@@H]1c1ccc(OC)c(COCC(F)(F)F)c1. The number of nitrogens with zero attached hydrogens (tertiary/aromatic N) is 1. The number of alkyl halides is 3. The van der Waals surface area contributed by atoms with Gasteiger partial charge in [-0.05, 0) is 44.4 Å². The first-order valence-electron chi connectivity index (χ1n) is 10.5. The summed E-state index contributed by atoms with van der Waals surface area (Å²) >= 11 is 0. The summed E-state index contributed by atoms with van der Waals surface area (Å²) in [5, 5.41) is 0. The van der Waals surface area contributed by atoms with Crippen molar-refractivity contribution in [3.63, 3.8) is 0 Å². The van der Waals surface area contributed by atoms with Crippen LogP contribution < -0.4 is 4.74 Å². The third kappa shape index (κ3) is 5.20. The highest BCUT2D eigenvalue weighted by Crippen LogP contribution is 2.44. The number of carbonyl (C=O) groups is 2. The number of allylic oxidation sites excluding steroid dienone is 2. The Hall–Kier alpha value is -2.68. The molecule has 1 unspecified atom stereocenters. The lowest BCUT2D eigenvalue weighted by atomic mass is 9.71. The largest absolute Gasteiger partial charge is 0.496 e. The molecular formula is C23H26F3NO5. The number of benzene rings is 1. The Kier molecular flexibility index (Phi) is 7.38. The third-order valence-corrected chi connectivity index (χ3v) is 5.56. The van der Waals surface area contributed by atoms with E-state index in [4.69, 9.17) is 14.2 Å². The lowest BCUT2D eigenvalue weighted by molar-refractivity contribution is -0.176. The Morgan fingerprint density at radius 3 is 2.66 bits per heavy atom. The normalized spacial score (nSPS) is 21.2. The molecule has 0 saturated carbocycles. The van der Waals surface area contributed by atoms with Crippen LogP contribution in [0.15, 0.2) is 34.5 Å². The summed E-state index contributed by atoms with van der Waals surface area (Å²) in [6.45, 7) is 1.87. The molecule has 2 aliphatic rings. The molecule has 1 heterocycles. The van der Waals surface area contributed by atoms with Crippen LogP contribution >= 0.6 is 0 Å². The van der Waals surface area contributed by atoms with Crippen LogP contribution in [0.3, 0.4) is 0 Å². The molecule has 9 heteroatoms. The zero-order valence-corrected chi connectivity index (χ0v) is 18.3. The fraction of sp³-hybridized carbons (Fsp3) is 0.522. The first-order valence-corrected chi connectivity index (χ1v) is 10.5. The minimum atomic E-state index is -4.45. The van der Waals surface area contributed by atoms with Crippen molar-refractivity contribution in [3.05, 3.63) is 40.6 Å². The van der Waals surface area contributed by atoms with Crippen LogP contribution in [0.4, 0.5) is 13.2 Å². The number of Topliss-reactive ketones (excluding diaryl/α,β-unsaturated/α-hetero) is 1. The highest BCUT2D eigenvalue weighted by molar-refractivity contribution is 6.08. The molecule has 32 heavy (non-hydrogen) atoms. The highest BCUT2D eigenvalue weighted by atomic mass is 19.4. The van der Waals surface area contributed by atoms with Crippen molar-refractivity contribution in [3.8, 4) is 5.75 Å². The second-order valence-electron chi connectivity index (χ2n) is 7.78. The Labute approximate surface area is 184 Å². The van der Waals surface area contributed by atoms with Gasteiger partial charge in [-0.25, -0.2) is 0 Å². The summed E-state index contributed by atoms with van der Waals surface area (Å²) in [6.07, 6.45) is -2.78. The minimum Gasteiger partial charge on any atom is -0.496 e. The maximum Gasteiger partial charge on any atom is 0.411 e. The van der Waals surface area contributed by atoms with Gasteiger partial charge in [0.25, 0.3) is 0 Å². The average Bonchev–Trinajstić information content (AvgIpc) is 2.72. The Morgan fingerprint density at radius 2 is 2.00 bits per heavy atom. The summed E-state index contributed by atoms with van der Waals surface area (Å²) in [5.74, 6) is -1.65. The maximum atomic E-state index is 12.9. The van der Waals surface area contributed by atoms with Crippen molar-refractivity contribution in [2.75, 3.05) is 20.3 Å². The zero-order chi connectivity index (χ0) is 23.5. The van der Waals surface area contributed by atoms with Crippen LogP contribution in [-0.2, 0) is 25.7 Å². The smallest absolute Gasteiger partial charge is 0.411 e. The molecule has 174 valence electrons. The van der Waals surface area contributed by atoms with E-state index in [-0.39, 0.29) is 19.0 Å². The van der Waals surface area contributed by atoms with E-state index in [9.17, 15) is 22.8 Å². The van der Waals surface area contributed by atoms with Gasteiger partial charge >= 0.3 is 12.1 Å². The monoisotopic (exact) mass is 453 g/mol. The summed E-state index contributed by atoms with van der Waals surface area (Å²) < 4.78 is 53.0. The van der Waals surface area contributed by atoms with Gasteiger partial charge in [0.2, 0.25) is 0 Å². The Morgan fingerprint density at radius 1 is 1.25 bits per heavy atom. The second-order valence-corrected chi connectivity index (χ2v) is 7.78. The number of ketones is 1. The minimum absolute atomic E-state index is 0.0764. The average molecular weight is 453 g/mol. The van der Waals surface area contributed by atoms with Gasteiger partial charge in [0.1, 0.15) is 18.3 Å². The number of ether oxygens (including phenoxy) is 3. The molecule has 3 rings (SSSR count). The number of hydrogen-bond donors (Lipinski definition) is 0. The molecule has 1 aromatic rings. The van der Waals surface area contributed by atoms with Crippen LogP contribution in [0, 0.1) is 5.92 Å². The van der Waals surface area contributed by atoms with Gasteiger partial charge in [0, 0.05) is 34.9 Å². The van der Waals surface area contributed by atoms with Crippen LogP contribution in [0.5, 0.6) is 5.75 Å². The van der Waals surface area contributed by atoms with E-state index >= 15 is 0 Å². The molecule has 0 spiro atoms. The summed E-state index contributed by atoms with van der Waals surface area (Å²) in [6, 6.07) is 4.96. The standard InChI is InChI=1S/C23H26F3NO5/c1-4-32-22(29)19-13(2)27-16-6-5-7-17(28)21(16)20(19)14-8-9-18(30-3)15(10-14)11-31-12-23(24,25)26/h8-10,19-20H,4-7,11-12H2,1-3H3/t19?,20-/m1/s1. The van der Waals surface area contributed by atoms with Crippen LogP contribution in [0.25, 0.3) is 0 Å². The van der Waals surface area contributed by atoms with E-state index < -0.39 is 30.6 Å². The van der Waals surface area contributed by atoms with Crippen LogP contribution in [0.1, 0.15) is 50.2 Å². The lowest BCUT2D eigenvalue weighted by Gasteiger charge is -2.34. The van der Waals surface area contributed by atoms with E-state index in [1.807, 2.05) is 0 Å². The lowest BCUT2D eigenvalue weighted by Crippen LogP contribution is -2.37. The van der Waals surface area contributed by atoms with Crippen LogP contribution in [-0.4, -0.2) is 44.0 Å². The first-order chi connectivity index (χ1) is 15.2. The van der Waals surface area contributed by atoms with Gasteiger partial charge < -0.3 is 14.2 Å². The molecule has 1 aliphatic heterocycles. The number of rotatable bonds is 7. The predicted octanol–water partition coefficient (Wildman–Crippen LogP) is 4.52. The second kappa shape index (κ2) is 9.85. The zero-order valence-electron chi connectivity index (χ0n) is 18.3. The quantitative estimate of drug-likeness (QED) is 0.568. The summed E-state index contributed by atoms with van der Waals surface area (Å²) in [7, 11) is 1.41. The molecule has 1 aliphatic carbocycles. The number of aliphatic imine (C=N–C) groups is 1. The molecule has 0 aromatic heterocycles. The molecule has 0 amide bonds. The fourth-order valence-corrected chi connectivity index (χ4v) is 4.29. The van der Waals surface area contributed by atoms with Gasteiger partial charge in [-0.2, -0.15) is 13.2 Å². The van der Waals surface area contributed by atoms with Crippen molar-refractivity contribution in [1.29, 1.82) is 0 Å². The van der Waals surface area contributed by atoms with Gasteiger partial charge in [-0.3, -0.25) is 14.6 Å². The van der Waals surface area contributed by atoms with Crippen molar-refractivity contribution >= 4 is 17.5 Å². The molecule has 0 fully saturated rings. The van der Waals surface area contributed by atoms with E-state index in [2.05, 4.69) is 4.99 Å². The van der Waals surface area contributed by atoms with Crippen molar-refractivity contribution in [1.82, 2.24) is 0 Å². The Balaban J connectivity index is 2.05. The number of esters is 1. The molecule has 0 saturated heterocycles. The topological polar surface area (TPSA) is 74.2 Å². The molecule has 0 N–H and O–H groups in total.